The van der Waals surface area contributed by atoms with Gasteiger partial charge in [-0.1, -0.05) is 48.9 Å². The minimum absolute atomic E-state index is 0.0982. The third kappa shape index (κ3) is 7.91. The molecule has 3 aromatic carbocycles. The first kappa shape index (κ1) is 33.5. The number of piperazine rings is 1. The Labute approximate surface area is 268 Å². The second-order valence-electron chi connectivity index (χ2n) is 11.9. The average molecular weight is 655 g/mol. The summed E-state index contributed by atoms with van der Waals surface area (Å²) in [5.74, 6) is -2.04. The molecule has 12 heteroatoms. The molecule has 0 radical (unpaired) electrons. The Morgan fingerprint density at radius 3 is 2.17 bits per heavy atom. The van der Waals surface area contributed by atoms with E-state index < -0.39 is 45.6 Å². The van der Waals surface area contributed by atoms with Crippen molar-refractivity contribution in [1.29, 1.82) is 0 Å². The van der Waals surface area contributed by atoms with E-state index in [1.807, 2.05) is 0 Å². The van der Waals surface area contributed by atoms with Crippen LogP contribution in [0, 0.1) is 17.6 Å². The molecule has 3 N–H and O–H groups in total. The average Bonchev–Trinajstić information content (AvgIpc) is 3.52. The Morgan fingerprint density at radius 2 is 1.57 bits per heavy atom. The number of nitrogens with one attached hydrogen (secondary N) is 3. The normalized spacial score (nSPS) is 21.1. The molecule has 0 bridgehead atoms. The highest BCUT2D eigenvalue weighted by Gasteiger charge is 2.38. The molecule has 2 amide bonds. The molecule has 1 aliphatic carbocycles. The number of hydrogen-bond donors (Lipinski definition) is 3. The van der Waals surface area contributed by atoms with E-state index in [0.29, 0.717) is 43.6 Å². The second kappa shape index (κ2) is 15.1. The molecule has 2 aliphatic rings. The Kier molecular flexibility index (Phi) is 11.0. The summed E-state index contributed by atoms with van der Waals surface area (Å²) in [5, 5.41) is 9.13. The highest BCUT2D eigenvalue weighted by molar-refractivity contribution is 7.89. The Morgan fingerprint density at radius 1 is 0.935 bits per heavy atom. The van der Waals surface area contributed by atoms with Crippen molar-refractivity contribution >= 4 is 22.0 Å². The van der Waals surface area contributed by atoms with Crippen molar-refractivity contribution in [2.75, 3.05) is 26.7 Å². The summed E-state index contributed by atoms with van der Waals surface area (Å²) in [7, 11) is -2.46. The lowest BCUT2D eigenvalue weighted by atomic mass is 9.84. The number of carbonyl (C=O) groups is 2. The molecule has 0 aromatic heterocycles. The van der Waals surface area contributed by atoms with Gasteiger partial charge in [0, 0.05) is 37.6 Å². The Bertz CT molecular complexity index is 1530. The maximum absolute atomic E-state index is 14.0. The van der Waals surface area contributed by atoms with Gasteiger partial charge in [-0.25, -0.2) is 22.0 Å². The number of sulfonamides is 1. The zero-order valence-corrected chi connectivity index (χ0v) is 26.5. The number of carbonyl (C=O) groups excluding carboxylic acids is 2. The van der Waals surface area contributed by atoms with Crippen LogP contribution in [0.2, 0.25) is 0 Å². The lowest BCUT2D eigenvalue weighted by Gasteiger charge is -2.36. The standard InChI is InChI=1S/C34H40F2N4O5S/c1-45-34(42)39-32(31(24-10-15-26(35)16-11-24)25-12-17-27(36)18-13-25)33(41)38-30-9-5-6-23(30)14-19-28-22-37-20-21-40(28)46(43,44)29-7-3-2-4-8-29/h2-4,7-8,10-13,15-18,23,28,30-32,37H,5-6,9,14,19-22H2,1H3,(H,38,41)(H,39,42)/t23-,28-,30?,32-/m0/s1. The van der Waals surface area contributed by atoms with Crippen molar-refractivity contribution in [3.05, 3.63) is 102 Å². The second-order valence-corrected chi connectivity index (χ2v) is 13.8. The number of alkyl carbamates (subject to hydrolysis) is 1. The van der Waals surface area contributed by atoms with E-state index in [0.717, 1.165) is 19.3 Å². The number of nitrogens with zero attached hydrogens (tertiary/aromatic N) is 1. The fraction of sp³-hybridized carbons (Fsp3) is 0.412. The molecule has 2 fully saturated rings. The molecule has 3 aromatic rings. The van der Waals surface area contributed by atoms with Crippen molar-refractivity contribution in [2.24, 2.45) is 5.92 Å². The molecule has 1 saturated carbocycles. The SMILES string of the molecule is COC(=O)N[C@H](C(=O)NC1CCC[C@H]1CC[C@H]1CNCCN1S(=O)(=O)c1ccccc1)C(c1ccc(F)cc1)c1ccc(F)cc1. The summed E-state index contributed by atoms with van der Waals surface area (Å²) in [6.45, 7) is 1.49. The molecular formula is C34H40F2N4O5S. The van der Waals surface area contributed by atoms with Crippen LogP contribution in [0.5, 0.6) is 0 Å². The van der Waals surface area contributed by atoms with Gasteiger partial charge in [-0.05, 0) is 79.1 Å². The van der Waals surface area contributed by atoms with Crippen molar-refractivity contribution in [3.63, 3.8) is 0 Å². The third-order valence-electron chi connectivity index (χ3n) is 9.04. The number of hydrogen-bond acceptors (Lipinski definition) is 6. The number of halogens is 2. The first-order valence-electron chi connectivity index (χ1n) is 15.6. The van der Waals surface area contributed by atoms with Gasteiger partial charge in [0.1, 0.15) is 17.7 Å². The summed E-state index contributed by atoms with van der Waals surface area (Å²) >= 11 is 0. The summed E-state index contributed by atoms with van der Waals surface area (Å²) in [5.41, 5.74) is 1.11. The quantitative estimate of drug-likeness (QED) is 0.280. The monoisotopic (exact) mass is 654 g/mol. The zero-order valence-electron chi connectivity index (χ0n) is 25.7. The molecule has 4 atom stereocenters. The highest BCUT2D eigenvalue weighted by Crippen LogP contribution is 2.34. The van der Waals surface area contributed by atoms with Crippen LogP contribution in [-0.2, 0) is 19.6 Å². The van der Waals surface area contributed by atoms with Crippen molar-refractivity contribution in [1.82, 2.24) is 20.3 Å². The van der Waals surface area contributed by atoms with Crippen LogP contribution in [0.3, 0.4) is 0 Å². The van der Waals surface area contributed by atoms with Gasteiger partial charge in [-0.3, -0.25) is 4.79 Å². The first-order chi connectivity index (χ1) is 22.2. The van der Waals surface area contributed by atoms with Crippen LogP contribution in [0.15, 0.2) is 83.8 Å². The minimum Gasteiger partial charge on any atom is -0.453 e. The molecule has 5 rings (SSSR count). The van der Waals surface area contributed by atoms with Crippen molar-refractivity contribution < 1.29 is 31.5 Å². The number of amides is 2. The van der Waals surface area contributed by atoms with Gasteiger partial charge in [-0.2, -0.15) is 4.31 Å². The summed E-state index contributed by atoms with van der Waals surface area (Å²) in [6.07, 6.45) is 2.99. The largest absolute Gasteiger partial charge is 0.453 e. The number of ether oxygens (including phenoxy) is 1. The van der Waals surface area contributed by atoms with E-state index in [-0.39, 0.29) is 22.9 Å². The van der Waals surface area contributed by atoms with Crippen LogP contribution >= 0.6 is 0 Å². The Balaban J connectivity index is 1.33. The zero-order chi connectivity index (χ0) is 32.7. The van der Waals surface area contributed by atoms with Gasteiger partial charge >= 0.3 is 6.09 Å². The number of benzene rings is 3. The van der Waals surface area contributed by atoms with E-state index in [1.165, 1.54) is 55.6 Å². The molecule has 246 valence electrons. The van der Waals surface area contributed by atoms with Gasteiger partial charge in [0.15, 0.2) is 0 Å². The smallest absolute Gasteiger partial charge is 0.407 e. The van der Waals surface area contributed by atoms with Crippen LogP contribution in [-0.4, -0.2) is 69.6 Å². The van der Waals surface area contributed by atoms with Crippen molar-refractivity contribution in [2.45, 2.75) is 61.0 Å². The van der Waals surface area contributed by atoms with Gasteiger partial charge in [-0.15, -0.1) is 0 Å². The van der Waals surface area contributed by atoms with Gasteiger partial charge in [0.05, 0.1) is 12.0 Å². The molecule has 0 spiro atoms. The predicted molar refractivity (Wildman–Crippen MR) is 169 cm³/mol. The predicted octanol–water partition coefficient (Wildman–Crippen LogP) is 4.55. The van der Waals surface area contributed by atoms with Crippen LogP contribution < -0.4 is 16.0 Å². The topological polar surface area (TPSA) is 117 Å². The lowest BCUT2D eigenvalue weighted by Crippen LogP contribution is -2.54. The molecular weight excluding hydrogens is 614 g/mol. The van der Waals surface area contributed by atoms with E-state index >= 15 is 0 Å². The van der Waals surface area contributed by atoms with E-state index in [1.54, 1.807) is 34.6 Å². The summed E-state index contributed by atoms with van der Waals surface area (Å²) in [4.78, 5) is 26.8. The summed E-state index contributed by atoms with van der Waals surface area (Å²) < 4.78 is 61.1. The molecule has 1 aliphatic heterocycles. The van der Waals surface area contributed by atoms with E-state index in [2.05, 4.69) is 16.0 Å². The highest BCUT2D eigenvalue weighted by atomic mass is 32.2. The fourth-order valence-corrected chi connectivity index (χ4v) is 8.36. The van der Waals surface area contributed by atoms with Crippen molar-refractivity contribution in [3.8, 4) is 0 Å². The fourth-order valence-electron chi connectivity index (χ4n) is 6.69. The summed E-state index contributed by atoms with van der Waals surface area (Å²) in [6, 6.07) is 18.1. The minimum atomic E-state index is -3.66. The van der Waals surface area contributed by atoms with Crippen LogP contribution in [0.25, 0.3) is 0 Å². The Hall–Kier alpha value is -3.87. The first-order valence-corrected chi connectivity index (χ1v) is 17.0. The molecule has 1 saturated heterocycles. The molecule has 9 nitrogen and oxygen atoms in total. The maximum Gasteiger partial charge on any atom is 0.407 e. The molecule has 46 heavy (non-hydrogen) atoms. The van der Waals surface area contributed by atoms with Gasteiger partial charge in [0.25, 0.3) is 0 Å². The van der Waals surface area contributed by atoms with Crippen LogP contribution in [0.1, 0.15) is 49.1 Å². The van der Waals surface area contributed by atoms with Gasteiger partial charge in [0.2, 0.25) is 15.9 Å². The van der Waals surface area contributed by atoms with Gasteiger partial charge < -0.3 is 20.7 Å². The molecule has 1 unspecified atom stereocenters. The lowest BCUT2D eigenvalue weighted by molar-refractivity contribution is -0.124. The third-order valence-corrected chi connectivity index (χ3v) is 11.0. The number of methoxy groups -OCH3 is 1. The van der Waals surface area contributed by atoms with Crippen LogP contribution in [0.4, 0.5) is 13.6 Å². The van der Waals surface area contributed by atoms with E-state index in [4.69, 9.17) is 4.74 Å². The maximum atomic E-state index is 14.0. The number of rotatable bonds is 11. The molecule has 1 heterocycles. The van der Waals surface area contributed by atoms with E-state index in [9.17, 15) is 26.8 Å².